The Labute approximate surface area is 113 Å². The molecule has 5 heteroatoms. The van der Waals surface area contributed by atoms with Crippen LogP contribution in [0.2, 0.25) is 15.1 Å². The molecule has 0 aliphatic heterocycles. The van der Waals surface area contributed by atoms with Crippen molar-refractivity contribution in [3.8, 4) is 11.1 Å². The number of rotatable bonds is 2. The van der Waals surface area contributed by atoms with Crippen molar-refractivity contribution in [2.45, 2.75) is 0 Å². The van der Waals surface area contributed by atoms with Crippen LogP contribution in [0.4, 0.5) is 0 Å². The lowest BCUT2D eigenvalue weighted by Gasteiger charge is -2.06. The topological polar surface area (TPSA) is 30.0 Å². The van der Waals surface area contributed by atoms with Crippen LogP contribution in [-0.2, 0) is 0 Å². The number of halogens is 3. The maximum absolute atomic E-state index is 10.6. The third-order valence-corrected chi connectivity index (χ3v) is 3.09. The van der Waals surface area contributed by atoms with Crippen LogP contribution in [0.5, 0.6) is 0 Å². The van der Waals surface area contributed by atoms with Gasteiger partial charge in [-0.3, -0.25) is 9.78 Å². The molecule has 0 aliphatic carbocycles. The molecule has 2 nitrogen and oxygen atoms in total. The van der Waals surface area contributed by atoms with Crippen LogP contribution >= 0.6 is 34.8 Å². The van der Waals surface area contributed by atoms with Gasteiger partial charge in [0.05, 0.1) is 5.02 Å². The number of hydrogen-bond donors (Lipinski definition) is 0. The van der Waals surface area contributed by atoms with Gasteiger partial charge < -0.3 is 0 Å². The van der Waals surface area contributed by atoms with E-state index in [9.17, 15) is 4.79 Å². The van der Waals surface area contributed by atoms with Crippen LogP contribution in [0, 0.1) is 0 Å². The fourth-order valence-corrected chi connectivity index (χ4v) is 2.01. The second-order valence-electron chi connectivity index (χ2n) is 3.33. The molecule has 0 saturated heterocycles. The van der Waals surface area contributed by atoms with Crippen molar-refractivity contribution in [1.29, 1.82) is 0 Å². The predicted molar refractivity (Wildman–Crippen MR) is 70.1 cm³/mol. The van der Waals surface area contributed by atoms with Crippen molar-refractivity contribution >= 4 is 41.1 Å². The van der Waals surface area contributed by atoms with Crippen molar-refractivity contribution < 1.29 is 4.79 Å². The number of nitrogens with zero attached hydrogens (tertiary/aromatic N) is 1. The lowest BCUT2D eigenvalue weighted by molar-refractivity contribution is 0.111. The molecule has 0 radical (unpaired) electrons. The van der Waals surface area contributed by atoms with Gasteiger partial charge in [-0.25, -0.2) is 0 Å². The van der Waals surface area contributed by atoms with Gasteiger partial charge in [-0.15, -0.1) is 0 Å². The summed E-state index contributed by atoms with van der Waals surface area (Å²) in [5.74, 6) is 0. The van der Waals surface area contributed by atoms with Gasteiger partial charge in [0.15, 0.2) is 6.29 Å². The number of hydrogen-bond acceptors (Lipinski definition) is 2. The van der Waals surface area contributed by atoms with E-state index in [2.05, 4.69) is 4.98 Å². The minimum absolute atomic E-state index is 0.202. The monoisotopic (exact) mass is 285 g/mol. The minimum atomic E-state index is 0.202. The Bertz CT molecular complexity index is 584. The van der Waals surface area contributed by atoms with E-state index < -0.39 is 0 Å². The summed E-state index contributed by atoms with van der Waals surface area (Å²) in [5, 5.41) is 1.40. The van der Waals surface area contributed by atoms with E-state index in [0.717, 1.165) is 5.56 Å². The van der Waals surface area contributed by atoms with E-state index in [0.29, 0.717) is 21.9 Å². The molecule has 0 amide bonds. The van der Waals surface area contributed by atoms with Gasteiger partial charge in [0.2, 0.25) is 0 Å². The second-order valence-corrected chi connectivity index (χ2v) is 4.58. The minimum Gasteiger partial charge on any atom is -0.296 e. The van der Waals surface area contributed by atoms with Crippen molar-refractivity contribution in [3.05, 3.63) is 51.2 Å². The first kappa shape index (κ1) is 12.4. The summed E-state index contributed by atoms with van der Waals surface area (Å²) in [6, 6.07) is 6.75. The van der Waals surface area contributed by atoms with Crippen LogP contribution in [0.25, 0.3) is 11.1 Å². The molecule has 17 heavy (non-hydrogen) atoms. The Morgan fingerprint density at radius 3 is 2.47 bits per heavy atom. The fourth-order valence-electron chi connectivity index (χ4n) is 1.40. The summed E-state index contributed by atoms with van der Waals surface area (Å²) in [5.41, 5.74) is 1.65. The Morgan fingerprint density at radius 1 is 1.06 bits per heavy atom. The summed E-state index contributed by atoms with van der Waals surface area (Å²) in [6.45, 7) is 0. The average molecular weight is 287 g/mol. The summed E-state index contributed by atoms with van der Waals surface area (Å²) < 4.78 is 0. The molecule has 86 valence electrons. The molecule has 2 rings (SSSR count). The normalized spacial score (nSPS) is 10.3. The van der Waals surface area contributed by atoms with Crippen molar-refractivity contribution in [3.63, 3.8) is 0 Å². The lowest BCUT2D eigenvalue weighted by Crippen LogP contribution is -1.90. The quantitative estimate of drug-likeness (QED) is 0.760. The van der Waals surface area contributed by atoms with Gasteiger partial charge in [-0.05, 0) is 24.3 Å². The standard InChI is InChI=1S/C12H6Cl3NO/c13-8-1-2-10(14)9(4-8)7-3-11(15)12(6-17)16-5-7/h1-6H. The van der Waals surface area contributed by atoms with Crippen LogP contribution < -0.4 is 0 Å². The molecular formula is C12H6Cl3NO. The maximum Gasteiger partial charge on any atom is 0.169 e. The number of aromatic nitrogens is 1. The highest BCUT2D eigenvalue weighted by atomic mass is 35.5. The van der Waals surface area contributed by atoms with Crippen LogP contribution in [-0.4, -0.2) is 11.3 Å². The molecule has 0 aliphatic rings. The molecule has 0 atom stereocenters. The molecule has 2 aromatic rings. The Balaban J connectivity index is 2.57. The van der Waals surface area contributed by atoms with Crippen LogP contribution in [0.3, 0.4) is 0 Å². The third-order valence-electron chi connectivity index (χ3n) is 2.22. The van der Waals surface area contributed by atoms with Crippen LogP contribution in [0.1, 0.15) is 10.5 Å². The zero-order valence-corrected chi connectivity index (χ0v) is 10.7. The van der Waals surface area contributed by atoms with Gasteiger partial charge in [-0.2, -0.15) is 0 Å². The van der Waals surface area contributed by atoms with Gasteiger partial charge in [0.1, 0.15) is 5.69 Å². The fraction of sp³-hybridized carbons (Fsp3) is 0. The number of aldehydes is 1. The molecule has 0 N–H and O–H groups in total. The molecule has 1 heterocycles. The van der Waals surface area contributed by atoms with Gasteiger partial charge in [-0.1, -0.05) is 34.8 Å². The summed E-state index contributed by atoms with van der Waals surface area (Å²) >= 11 is 17.9. The van der Waals surface area contributed by atoms with Crippen molar-refractivity contribution in [2.24, 2.45) is 0 Å². The van der Waals surface area contributed by atoms with E-state index >= 15 is 0 Å². The molecule has 0 bridgehead atoms. The Hall–Kier alpha value is -1.09. The number of pyridine rings is 1. The molecule has 0 unspecified atom stereocenters. The van der Waals surface area contributed by atoms with E-state index in [1.54, 1.807) is 24.3 Å². The largest absolute Gasteiger partial charge is 0.296 e. The van der Waals surface area contributed by atoms with Crippen molar-refractivity contribution in [1.82, 2.24) is 4.98 Å². The highest BCUT2D eigenvalue weighted by Crippen LogP contribution is 2.31. The van der Waals surface area contributed by atoms with Gasteiger partial charge in [0, 0.05) is 27.4 Å². The van der Waals surface area contributed by atoms with E-state index in [-0.39, 0.29) is 10.7 Å². The molecule has 0 fully saturated rings. The summed E-state index contributed by atoms with van der Waals surface area (Å²) in [7, 11) is 0. The van der Waals surface area contributed by atoms with Gasteiger partial charge >= 0.3 is 0 Å². The molecule has 1 aromatic carbocycles. The highest BCUT2D eigenvalue weighted by Gasteiger charge is 2.08. The number of benzene rings is 1. The predicted octanol–water partition coefficient (Wildman–Crippen LogP) is 4.52. The summed E-state index contributed by atoms with van der Waals surface area (Å²) in [4.78, 5) is 14.5. The first-order valence-corrected chi connectivity index (χ1v) is 5.81. The molecular weight excluding hydrogens is 280 g/mol. The number of carbonyl (C=O) groups is 1. The lowest BCUT2D eigenvalue weighted by atomic mass is 10.1. The van der Waals surface area contributed by atoms with E-state index in [1.165, 1.54) is 6.20 Å². The first-order chi connectivity index (χ1) is 8.11. The average Bonchev–Trinajstić information content (AvgIpc) is 2.32. The van der Waals surface area contributed by atoms with Crippen LogP contribution in [0.15, 0.2) is 30.5 Å². The zero-order valence-electron chi connectivity index (χ0n) is 8.45. The van der Waals surface area contributed by atoms with E-state index in [4.69, 9.17) is 34.8 Å². The third kappa shape index (κ3) is 2.60. The molecule has 0 saturated carbocycles. The van der Waals surface area contributed by atoms with Crippen molar-refractivity contribution in [2.75, 3.05) is 0 Å². The smallest absolute Gasteiger partial charge is 0.169 e. The highest BCUT2D eigenvalue weighted by molar-refractivity contribution is 6.36. The second kappa shape index (κ2) is 5.05. The van der Waals surface area contributed by atoms with E-state index in [1.807, 2.05) is 0 Å². The summed E-state index contributed by atoms with van der Waals surface area (Å²) in [6.07, 6.45) is 2.14. The molecule has 1 aromatic heterocycles. The Kier molecular flexibility index (Phi) is 3.67. The SMILES string of the molecule is O=Cc1ncc(-c2cc(Cl)ccc2Cl)cc1Cl. The molecule has 0 spiro atoms. The number of carbonyl (C=O) groups excluding carboxylic acids is 1. The van der Waals surface area contributed by atoms with Gasteiger partial charge in [0.25, 0.3) is 0 Å². The Morgan fingerprint density at radius 2 is 1.82 bits per heavy atom. The first-order valence-electron chi connectivity index (χ1n) is 4.68. The maximum atomic E-state index is 10.6. The zero-order chi connectivity index (χ0) is 12.4.